The molecule has 0 radical (unpaired) electrons. The fourth-order valence-electron chi connectivity index (χ4n) is 4.56. The van der Waals surface area contributed by atoms with Crippen LogP contribution in [0.1, 0.15) is 24.0 Å². The van der Waals surface area contributed by atoms with E-state index in [4.69, 9.17) is 18.8 Å². The van der Waals surface area contributed by atoms with E-state index in [9.17, 15) is 18.0 Å². The van der Waals surface area contributed by atoms with Crippen LogP contribution in [0.5, 0.6) is 17.2 Å². The van der Waals surface area contributed by atoms with Gasteiger partial charge < -0.3 is 24.0 Å². The molecule has 4 rings (SSSR count). The van der Waals surface area contributed by atoms with Crippen molar-refractivity contribution in [2.75, 3.05) is 67.1 Å². The second-order valence-electron chi connectivity index (χ2n) is 9.77. The van der Waals surface area contributed by atoms with Crippen molar-refractivity contribution in [3.63, 3.8) is 0 Å². The number of rotatable bonds is 8. The molecule has 0 bridgehead atoms. The van der Waals surface area contributed by atoms with Crippen molar-refractivity contribution in [3.05, 3.63) is 53.6 Å². The number of aryl methyl sites for hydroxylation is 1. The summed E-state index contributed by atoms with van der Waals surface area (Å²) in [6, 6.07) is 9.58. The fourth-order valence-corrected chi connectivity index (χ4v) is 5.04. The first-order chi connectivity index (χ1) is 19.5. The van der Waals surface area contributed by atoms with Gasteiger partial charge in [-0.2, -0.15) is 8.42 Å². The smallest absolute Gasteiger partial charge is 0.294 e. The van der Waals surface area contributed by atoms with E-state index in [2.05, 4.69) is 4.90 Å². The lowest BCUT2D eigenvalue weighted by Crippen LogP contribution is -2.51. The lowest BCUT2D eigenvalue weighted by molar-refractivity contribution is -0.132. The maximum Gasteiger partial charge on any atom is 0.294 e. The van der Waals surface area contributed by atoms with Gasteiger partial charge in [-0.1, -0.05) is 17.7 Å². The molecule has 2 aromatic rings. The molecule has 2 aliphatic rings. The zero-order chi connectivity index (χ0) is 30.0. The van der Waals surface area contributed by atoms with Gasteiger partial charge in [0.2, 0.25) is 17.6 Å². The molecule has 2 amide bonds. The molecule has 1 N–H and O–H groups in total. The van der Waals surface area contributed by atoms with E-state index in [1.807, 2.05) is 16.7 Å². The van der Waals surface area contributed by atoms with E-state index in [-0.39, 0.29) is 16.7 Å². The Labute approximate surface area is 242 Å². The Kier molecular flexibility index (Phi) is 11.6. The molecular weight excluding hydrogens is 550 g/mol. The Morgan fingerprint density at radius 2 is 1.41 bits per heavy atom. The highest BCUT2D eigenvalue weighted by atomic mass is 32.2. The molecule has 11 nitrogen and oxygen atoms in total. The van der Waals surface area contributed by atoms with Gasteiger partial charge in [0.1, 0.15) is 0 Å². The van der Waals surface area contributed by atoms with E-state index in [0.29, 0.717) is 50.0 Å². The molecule has 0 unspecified atom stereocenters. The van der Waals surface area contributed by atoms with Gasteiger partial charge >= 0.3 is 0 Å². The highest BCUT2D eigenvalue weighted by molar-refractivity contribution is 7.85. The largest absolute Gasteiger partial charge is 0.493 e. The molecule has 2 heterocycles. The van der Waals surface area contributed by atoms with Crippen molar-refractivity contribution in [1.82, 2.24) is 14.7 Å². The summed E-state index contributed by atoms with van der Waals surface area (Å²) in [4.78, 5) is 30.7. The van der Waals surface area contributed by atoms with E-state index in [1.54, 1.807) is 57.7 Å². The van der Waals surface area contributed by atoms with E-state index in [1.165, 1.54) is 12.1 Å². The Hall–Kier alpha value is -3.61. The molecule has 2 saturated heterocycles. The average molecular weight is 590 g/mol. The van der Waals surface area contributed by atoms with Crippen LogP contribution in [0.25, 0.3) is 6.08 Å². The first kappa shape index (κ1) is 31.9. The zero-order valence-electron chi connectivity index (χ0n) is 24.0. The van der Waals surface area contributed by atoms with Crippen LogP contribution in [-0.4, -0.2) is 107 Å². The van der Waals surface area contributed by atoms with Gasteiger partial charge in [-0.3, -0.25) is 19.0 Å². The predicted molar refractivity (Wildman–Crippen MR) is 155 cm³/mol. The number of carbonyl (C=O) groups excluding carboxylic acids is 2. The minimum absolute atomic E-state index is 0.0470. The third-order valence-electron chi connectivity index (χ3n) is 6.93. The highest BCUT2D eigenvalue weighted by Crippen LogP contribution is 2.38. The van der Waals surface area contributed by atoms with Gasteiger partial charge in [0.15, 0.2) is 11.5 Å². The van der Waals surface area contributed by atoms with Gasteiger partial charge in [-0.05, 0) is 55.7 Å². The quantitative estimate of drug-likeness (QED) is 0.365. The Morgan fingerprint density at radius 3 is 1.90 bits per heavy atom. The Morgan fingerprint density at radius 1 is 0.854 bits per heavy atom. The van der Waals surface area contributed by atoms with Gasteiger partial charge in [0.25, 0.3) is 10.1 Å². The lowest BCUT2D eigenvalue weighted by atomic mass is 10.1. The van der Waals surface area contributed by atoms with Crippen LogP contribution in [0, 0.1) is 6.92 Å². The normalized spacial score (nSPS) is 15.8. The second kappa shape index (κ2) is 14.9. The van der Waals surface area contributed by atoms with Crippen LogP contribution in [0.15, 0.2) is 47.4 Å². The summed E-state index contributed by atoms with van der Waals surface area (Å²) < 4.78 is 45.6. The summed E-state index contributed by atoms with van der Waals surface area (Å²) in [5.41, 5.74) is 1.74. The average Bonchev–Trinajstić information content (AvgIpc) is 3.51. The van der Waals surface area contributed by atoms with Crippen molar-refractivity contribution < 1.29 is 36.8 Å². The number of amides is 2. The summed E-state index contributed by atoms with van der Waals surface area (Å²) in [6.07, 6.45) is 5.51. The first-order valence-corrected chi connectivity index (χ1v) is 14.8. The molecule has 0 aliphatic carbocycles. The van der Waals surface area contributed by atoms with Crippen molar-refractivity contribution in [3.8, 4) is 17.2 Å². The van der Waals surface area contributed by atoms with Crippen molar-refractivity contribution in [2.45, 2.75) is 24.7 Å². The topological polar surface area (TPSA) is 126 Å². The van der Waals surface area contributed by atoms with E-state index >= 15 is 0 Å². The number of methoxy groups -OCH3 is 3. The van der Waals surface area contributed by atoms with Crippen LogP contribution in [0.2, 0.25) is 0 Å². The Bertz CT molecular complexity index is 1290. The number of piperazine rings is 1. The van der Waals surface area contributed by atoms with Crippen molar-refractivity contribution in [1.29, 1.82) is 0 Å². The van der Waals surface area contributed by atoms with Gasteiger partial charge in [-0.25, -0.2) is 0 Å². The number of ether oxygens (including phenoxy) is 3. The van der Waals surface area contributed by atoms with Crippen LogP contribution in [-0.2, 0) is 19.7 Å². The molecular formula is C29H39N3O8S. The monoisotopic (exact) mass is 589 g/mol. The lowest BCUT2D eigenvalue weighted by Gasteiger charge is -2.34. The van der Waals surface area contributed by atoms with Crippen molar-refractivity contribution in [2.24, 2.45) is 0 Å². The molecule has 2 aliphatic heterocycles. The maximum atomic E-state index is 12.6. The molecule has 0 spiro atoms. The summed E-state index contributed by atoms with van der Waals surface area (Å²) >= 11 is 0. The molecule has 224 valence electrons. The predicted octanol–water partition coefficient (Wildman–Crippen LogP) is 2.73. The number of nitrogens with zero attached hydrogens (tertiary/aromatic N) is 3. The molecule has 41 heavy (non-hydrogen) atoms. The third-order valence-corrected chi connectivity index (χ3v) is 7.79. The van der Waals surface area contributed by atoms with Gasteiger partial charge in [0.05, 0.1) is 32.8 Å². The summed E-state index contributed by atoms with van der Waals surface area (Å²) in [7, 11) is 0.653. The second-order valence-corrected chi connectivity index (χ2v) is 11.2. The molecule has 2 aromatic carbocycles. The van der Waals surface area contributed by atoms with E-state index in [0.717, 1.165) is 37.1 Å². The zero-order valence-corrected chi connectivity index (χ0v) is 24.9. The van der Waals surface area contributed by atoms with Crippen LogP contribution >= 0.6 is 0 Å². The molecule has 0 saturated carbocycles. The third kappa shape index (κ3) is 9.20. The molecule has 0 atom stereocenters. The standard InChI is InChI=1S/C22H31N3O5.C7H8O3S/c1-28-18-14-17(15-19(29-2)22(18)30-3)6-7-20(26)25-12-10-23(11-13-25)16-21(27)24-8-4-5-9-24;1-6-2-4-7(5-3-6)11(8,9)10/h6-7,14-15H,4-5,8-13,16H2,1-3H3;2-5H,1H3,(H,8,9,10)/b7-6+;. The number of hydrogen-bond acceptors (Lipinski definition) is 8. The van der Waals surface area contributed by atoms with Crippen LogP contribution in [0.3, 0.4) is 0 Å². The molecule has 0 aromatic heterocycles. The van der Waals surface area contributed by atoms with Gasteiger partial charge in [-0.15, -0.1) is 0 Å². The highest BCUT2D eigenvalue weighted by Gasteiger charge is 2.24. The van der Waals surface area contributed by atoms with Crippen molar-refractivity contribution >= 4 is 28.0 Å². The summed E-state index contributed by atoms with van der Waals surface area (Å²) in [5.74, 6) is 1.76. The number of benzene rings is 2. The van der Waals surface area contributed by atoms with Gasteiger partial charge in [0, 0.05) is 45.3 Å². The minimum Gasteiger partial charge on any atom is -0.493 e. The maximum absolute atomic E-state index is 12.6. The van der Waals surface area contributed by atoms with E-state index < -0.39 is 10.1 Å². The van der Waals surface area contributed by atoms with Crippen LogP contribution in [0.4, 0.5) is 0 Å². The minimum atomic E-state index is -4.02. The SMILES string of the molecule is COc1cc(/C=C/C(=O)N2CCN(CC(=O)N3CCCC3)CC2)cc(OC)c1OC.Cc1ccc(S(=O)(=O)O)cc1. The fraction of sp³-hybridized carbons (Fsp3) is 0.448. The summed E-state index contributed by atoms with van der Waals surface area (Å²) in [6.45, 7) is 6.70. The summed E-state index contributed by atoms with van der Waals surface area (Å²) in [5, 5.41) is 0. The first-order valence-electron chi connectivity index (χ1n) is 13.4. The Balaban J connectivity index is 0.000000352. The molecule has 2 fully saturated rings. The number of likely N-dealkylation sites (tertiary alicyclic amines) is 1. The number of carbonyl (C=O) groups is 2. The van der Waals surface area contributed by atoms with Crippen LogP contribution < -0.4 is 14.2 Å². The molecule has 12 heteroatoms. The number of hydrogen-bond donors (Lipinski definition) is 1.